The number of amides is 1. The van der Waals surface area contributed by atoms with Crippen LogP contribution in [0.4, 0.5) is 0 Å². The Hall–Kier alpha value is -1.46. The number of likely N-dealkylation sites (tertiary alicyclic amines) is 1. The van der Waals surface area contributed by atoms with Gasteiger partial charge >= 0.3 is 0 Å². The Morgan fingerprint density at radius 1 is 1.24 bits per heavy atom. The molecule has 0 radical (unpaired) electrons. The fourth-order valence-electron chi connectivity index (χ4n) is 4.01. The van der Waals surface area contributed by atoms with Crippen molar-refractivity contribution < 1.29 is 14.3 Å². The third kappa shape index (κ3) is 4.59. The van der Waals surface area contributed by atoms with Gasteiger partial charge in [0.2, 0.25) is 5.91 Å². The Morgan fingerprint density at radius 3 is 2.72 bits per heavy atom. The van der Waals surface area contributed by atoms with Crippen LogP contribution in [0.25, 0.3) is 0 Å². The van der Waals surface area contributed by atoms with Crippen LogP contribution in [-0.4, -0.2) is 51.2 Å². The molecule has 2 fully saturated rings. The van der Waals surface area contributed by atoms with Crippen molar-refractivity contribution in [2.24, 2.45) is 5.41 Å². The average Bonchev–Trinajstić information content (AvgIpc) is 3.06. The van der Waals surface area contributed by atoms with E-state index in [0.29, 0.717) is 11.8 Å². The number of rotatable bonds is 5. The zero-order chi connectivity index (χ0) is 17.0. The Kier molecular flexibility index (Phi) is 6.96. The number of ether oxygens (including phenoxy) is 2. The van der Waals surface area contributed by atoms with Gasteiger partial charge in [-0.25, -0.2) is 0 Å². The first-order chi connectivity index (χ1) is 11.7. The maximum absolute atomic E-state index is 12.6. The summed E-state index contributed by atoms with van der Waals surface area (Å²) in [5, 5.41) is 3.46. The predicted octanol–water partition coefficient (Wildman–Crippen LogP) is 2.66. The molecule has 2 aliphatic heterocycles. The lowest BCUT2D eigenvalue weighted by molar-refractivity contribution is -0.134. The third-order valence-corrected chi connectivity index (χ3v) is 5.42. The van der Waals surface area contributed by atoms with Crippen molar-refractivity contribution in [3.8, 4) is 11.5 Å². The highest BCUT2D eigenvalue weighted by molar-refractivity contribution is 5.85. The molecule has 2 saturated heterocycles. The SMILES string of the molecule is COc1ccc(CCC(=O)N2CCCC3(CCNC3)C2)cc1OC.Cl. The summed E-state index contributed by atoms with van der Waals surface area (Å²) >= 11 is 0. The van der Waals surface area contributed by atoms with Crippen LogP contribution in [0.15, 0.2) is 18.2 Å². The molecule has 6 heteroatoms. The highest BCUT2D eigenvalue weighted by Crippen LogP contribution is 2.35. The second-order valence-corrected chi connectivity index (χ2v) is 7.03. The molecule has 1 unspecified atom stereocenters. The molecular formula is C19H29ClN2O3. The molecule has 1 aromatic rings. The van der Waals surface area contributed by atoms with E-state index in [2.05, 4.69) is 10.2 Å². The molecule has 1 N–H and O–H groups in total. The van der Waals surface area contributed by atoms with Crippen LogP contribution >= 0.6 is 12.4 Å². The van der Waals surface area contributed by atoms with Crippen molar-refractivity contribution in [1.29, 1.82) is 0 Å². The van der Waals surface area contributed by atoms with Gasteiger partial charge in [-0.2, -0.15) is 0 Å². The number of piperidine rings is 1. The largest absolute Gasteiger partial charge is 0.493 e. The quantitative estimate of drug-likeness (QED) is 0.868. The smallest absolute Gasteiger partial charge is 0.222 e. The normalized spacial score (nSPS) is 22.6. The number of nitrogens with zero attached hydrogens (tertiary/aromatic N) is 1. The van der Waals surface area contributed by atoms with Crippen molar-refractivity contribution in [3.63, 3.8) is 0 Å². The lowest BCUT2D eigenvalue weighted by Crippen LogP contribution is -2.47. The molecule has 0 aromatic heterocycles. The fraction of sp³-hybridized carbons (Fsp3) is 0.632. The number of halogens is 1. The first-order valence-electron chi connectivity index (χ1n) is 8.85. The highest BCUT2D eigenvalue weighted by atomic mass is 35.5. The molecule has 2 heterocycles. The number of aryl methyl sites for hydroxylation is 1. The second-order valence-electron chi connectivity index (χ2n) is 7.03. The molecular weight excluding hydrogens is 340 g/mol. The molecule has 1 spiro atoms. The van der Waals surface area contributed by atoms with Crippen LogP contribution in [0.3, 0.4) is 0 Å². The van der Waals surface area contributed by atoms with Crippen molar-refractivity contribution in [2.75, 3.05) is 40.4 Å². The first-order valence-corrected chi connectivity index (χ1v) is 8.85. The van der Waals surface area contributed by atoms with E-state index < -0.39 is 0 Å². The number of carbonyl (C=O) groups excluding carboxylic acids is 1. The summed E-state index contributed by atoms with van der Waals surface area (Å²) in [6.45, 7) is 3.98. The molecule has 3 rings (SSSR count). The molecule has 1 atom stereocenters. The van der Waals surface area contributed by atoms with Gasteiger partial charge in [0.15, 0.2) is 11.5 Å². The van der Waals surface area contributed by atoms with E-state index in [9.17, 15) is 4.79 Å². The molecule has 25 heavy (non-hydrogen) atoms. The molecule has 0 bridgehead atoms. The van der Waals surface area contributed by atoms with Crippen LogP contribution in [-0.2, 0) is 11.2 Å². The van der Waals surface area contributed by atoms with Gasteiger partial charge in [-0.3, -0.25) is 4.79 Å². The summed E-state index contributed by atoms with van der Waals surface area (Å²) in [5.41, 5.74) is 1.44. The summed E-state index contributed by atoms with van der Waals surface area (Å²) < 4.78 is 10.6. The molecule has 0 saturated carbocycles. The number of hydrogen-bond donors (Lipinski definition) is 1. The predicted molar refractivity (Wildman–Crippen MR) is 101 cm³/mol. The third-order valence-electron chi connectivity index (χ3n) is 5.42. The first kappa shape index (κ1) is 19.9. The topological polar surface area (TPSA) is 50.8 Å². The van der Waals surface area contributed by atoms with Gasteiger partial charge in [0.05, 0.1) is 14.2 Å². The van der Waals surface area contributed by atoms with Crippen LogP contribution in [0, 0.1) is 5.41 Å². The molecule has 0 aliphatic carbocycles. The standard InChI is InChI=1S/C19H28N2O3.ClH/c1-23-16-6-4-15(12-17(16)24-2)5-7-18(22)21-11-3-8-19(14-21)9-10-20-13-19;/h4,6,12,20H,3,5,7-11,13-14H2,1-2H3;1H. The van der Waals surface area contributed by atoms with Crippen LogP contribution in [0.1, 0.15) is 31.2 Å². The van der Waals surface area contributed by atoms with E-state index in [0.717, 1.165) is 56.1 Å². The number of methoxy groups -OCH3 is 2. The second kappa shape index (κ2) is 8.77. The van der Waals surface area contributed by atoms with E-state index in [1.165, 1.54) is 12.8 Å². The highest BCUT2D eigenvalue weighted by Gasteiger charge is 2.39. The monoisotopic (exact) mass is 368 g/mol. The summed E-state index contributed by atoms with van der Waals surface area (Å²) in [5.74, 6) is 1.71. The summed E-state index contributed by atoms with van der Waals surface area (Å²) in [6, 6.07) is 5.87. The summed E-state index contributed by atoms with van der Waals surface area (Å²) in [6.07, 6.45) is 4.87. The summed E-state index contributed by atoms with van der Waals surface area (Å²) in [4.78, 5) is 14.7. The van der Waals surface area contributed by atoms with Crippen LogP contribution in [0.5, 0.6) is 11.5 Å². The Labute approximate surface area is 156 Å². The maximum atomic E-state index is 12.6. The molecule has 140 valence electrons. The van der Waals surface area contributed by atoms with Gasteiger partial charge in [-0.1, -0.05) is 6.07 Å². The molecule has 5 nitrogen and oxygen atoms in total. The lowest BCUT2D eigenvalue weighted by Gasteiger charge is -2.40. The van der Waals surface area contributed by atoms with Crippen molar-refractivity contribution >= 4 is 18.3 Å². The minimum Gasteiger partial charge on any atom is -0.493 e. The van der Waals surface area contributed by atoms with E-state index in [1.807, 2.05) is 18.2 Å². The van der Waals surface area contributed by atoms with Gasteiger partial charge in [0, 0.05) is 31.5 Å². The average molecular weight is 369 g/mol. The molecule has 1 aromatic carbocycles. The minimum atomic E-state index is 0. The van der Waals surface area contributed by atoms with E-state index in [1.54, 1.807) is 14.2 Å². The summed E-state index contributed by atoms with van der Waals surface area (Å²) in [7, 11) is 3.26. The van der Waals surface area contributed by atoms with Crippen LogP contribution < -0.4 is 14.8 Å². The molecule has 2 aliphatic rings. The van der Waals surface area contributed by atoms with Crippen LogP contribution in [0.2, 0.25) is 0 Å². The number of benzene rings is 1. The van der Waals surface area contributed by atoms with Gasteiger partial charge in [0.25, 0.3) is 0 Å². The zero-order valence-corrected chi connectivity index (χ0v) is 16.0. The number of hydrogen-bond acceptors (Lipinski definition) is 4. The lowest BCUT2D eigenvalue weighted by atomic mass is 9.79. The Balaban J connectivity index is 0.00000225. The maximum Gasteiger partial charge on any atom is 0.222 e. The van der Waals surface area contributed by atoms with Crippen molar-refractivity contribution in [1.82, 2.24) is 10.2 Å². The van der Waals surface area contributed by atoms with Gasteiger partial charge < -0.3 is 19.7 Å². The fourth-order valence-corrected chi connectivity index (χ4v) is 4.01. The van der Waals surface area contributed by atoms with E-state index in [4.69, 9.17) is 9.47 Å². The molecule has 1 amide bonds. The van der Waals surface area contributed by atoms with E-state index >= 15 is 0 Å². The van der Waals surface area contributed by atoms with Gasteiger partial charge in [0.1, 0.15) is 0 Å². The Morgan fingerprint density at radius 2 is 2.04 bits per heavy atom. The minimum absolute atomic E-state index is 0. The van der Waals surface area contributed by atoms with Crippen molar-refractivity contribution in [3.05, 3.63) is 23.8 Å². The van der Waals surface area contributed by atoms with Gasteiger partial charge in [-0.15, -0.1) is 12.4 Å². The van der Waals surface area contributed by atoms with Gasteiger partial charge in [-0.05, 0) is 49.9 Å². The number of nitrogens with one attached hydrogen (secondary N) is 1. The van der Waals surface area contributed by atoms with E-state index in [-0.39, 0.29) is 18.3 Å². The van der Waals surface area contributed by atoms with Crippen molar-refractivity contribution in [2.45, 2.75) is 32.1 Å². The zero-order valence-electron chi connectivity index (χ0n) is 15.2. The Bertz CT molecular complexity index is 588. The number of carbonyl (C=O) groups is 1.